The Morgan fingerprint density at radius 3 is 2.33 bits per heavy atom. The summed E-state index contributed by atoms with van der Waals surface area (Å²) in [6, 6.07) is 0. The molecule has 0 radical (unpaired) electrons. The second-order valence-corrected chi connectivity index (χ2v) is 6.23. The van der Waals surface area contributed by atoms with Crippen molar-refractivity contribution in [2.24, 2.45) is 0 Å². The smallest absolute Gasteiger partial charge is 0.214 e. The first kappa shape index (κ1) is 14.8. The summed E-state index contributed by atoms with van der Waals surface area (Å²) in [6.45, 7) is 5.52. The molecule has 0 saturated heterocycles. The van der Waals surface area contributed by atoms with Crippen molar-refractivity contribution in [1.29, 1.82) is 0 Å². The van der Waals surface area contributed by atoms with E-state index in [9.17, 15) is 8.42 Å². The molecule has 0 saturated carbocycles. The van der Waals surface area contributed by atoms with Gasteiger partial charge < -0.3 is 9.64 Å². The number of nitrogens with one attached hydrogen (secondary N) is 1. The van der Waals surface area contributed by atoms with Gasteiger partial charge in [-0.2, -0.15) is 0 Å². The fourth-order valence-electron chi connectivity index (χ4n) is 0.772. The minimum Gasteiger partial charge on any atom is -0.379 e. The molecule has 0 aliphatic rings. The number of hydrogen-bond acceptors (Lipinski definition) is 4. The van der Waals surface area contributed by atoms with Crippen LogP contribution in [-0.2, 0) is 14.8 Å². The standard InChI is InChI=1S/C9H22N2O3S/c1-9(2)15(12,13)10-5-7-14-8-6-11(3)4/h9-10H,5-8H2,1-4H3. The molecule has 0 aromatic rings. The Kier molecular flexibility index (Phi) is 7.08. The van der Waals surface area contributed by atoms with Gasteiger partial charge in [-0.3, -0.25) is 0 Å². The van der Waals surface area contributed by atoms with Crippen LogP contribution in [0.1, 0.15) is 13.8 Å². The predicted octanol–water partition coefficient (Wildman–Crippen LogP) is -0.108. The summed E-state index contributed by atoms with van der Waals surface area (Å²) in [5, 5.41) is -0.390. The van der Waals surface area contributed by atoms with Gasteiger partial charge in [0.05, 0.1) is 18.5 Å². The van der Waals surface area contributed by atoms with Gasteiger partial charge in [-0.25, -0.2) is 13.1 Å². The molecule has 0 aliphatic heterocycles. The van der Waals surface area contributed by atoms with Crippen molar-refractivity contribution in [2.45, 2.75) is 19.1 Å². The highest BCUT2D eigenvalue weighted by Gasteiger charge is 2.13. The molecule has 0 heterocycles. The van der Waals surface area contributed by atoms with Crippen molar-refractivity contribution in [3.8, 4) is 0 Å². The largest absolute Gasteiger partial charge is 0.379 e. The van der Waals surface area contributed by atoms with Gasteiger partial charge in [0.1, 0.15) is 0 Å². The van der Waals surface area contributed by atoms with Crippen molar-refractivity contribution in [2.75, 3.05) is 40.4 Å². The summed E-state index contributed by atoms with van der Waals surface area (Å²) in [5.41, 5.74) is 0. The summed E-state index contributed by atoms with van der Waals surface area (Å²) in [5.74, 6) is 0. The molecular weight excluding hydrogens is 216 g/mol. The van der Waals surface area contributed by atoms with Crippen molar-refractivity contribution >= 4 is 10.0 Å². The first-order valence-electron chi connectivity index (χ1n) is 5.07. The van der Waals surface area contributed by atoms with E-state index >= 15 is 0 Å². The van der Waals surface area contributed by atoms with Crippen molar-refractivity contribution in [1.82, 2.24) is 9.62 Å². The van der Waals surface area contributed by atoms with Gasteiger partial charge in [-0.05, 0) is 27.9 Å². The number of ether oxygens (including phenoxy) is 1. The summed E-state index contributed by atoms with van der Waals surface area (Å²) in [4.78, 5) is 2.01. The molecule has 0 aromatic carbocycles. The number of likely N-dealkylation sites (N-methyl/N-ethyl adjacent to an activating group) is 1. The lowest BCUT2D eigenvalue weighted by Gasteiger charge is -2.11. The van der Waals surface area contributed by atoms with Gasteiger partial charge in [-0.1, -0.05) is 0 Å². The van der Waals surface area contributed by atoms with E-state index in [2.05, 4.69) is 4.72 Å². The second-order valence-electron chi connectivity index (χ2n) is 3.90. The van der Waals surface area contributed by atoms with Gasteiger partial charge in [0.15, 0.2) is 0 Å². The number of sulfonamides is 1. The summed E-state index contributed by atoms with van der Waals surface area (Å²) in [6.07, 6.45) is 0. The van der Waals surface area contributed by atoms with Crippen LogP contribution in [0.15, 0.2) is 0 Å². The van der Waals surface area contributed by atoms with Crippen LogP contribution >= 0.6 is 0 Å². The van der Waals surface area contributed by atoms with Crippen molar-refractivity contribution < 1.29 is 13.2 Å². The minimum atomic E-state index is -3.14. The quantitative estimate of drug-likeness (QED) is 0.600. The van der Waals surface area contributed by atoms with Gasteiger partial charge in [0, 0.05) is 13.1 Å². The molecule has 0 atom stereocenters. The van der Waals surface area contributed by atoms with Gasteiger partial charge in [-0.15, -0.1) is 0 Å². The van der Waals surface area contributed by atoms with Crippen LogP contribution in [0.25, 0.3) is 0 Å². The third-order valence-corrected chi connectivity index (χ3v) is 3.70. The molecule has 0 spiro atoms. The number of hydrogen-bond donors (Lipinski definition) is 1. The van der Waals surface area contributed by atoms with Crippen molar-refractivity contribution in [3.05, 3.63) is 0 Å². The molecule has 0 unspecified atom stereocenters. The Morgan fingerprint density at radius 2 is 1.87 bits per heavy atom. The molecule has 1 N–H and O–H groups in total. The van der Waals surface area contributed by atoms with E-state index in [0.717, 1.165) is 6.54 Å². The zero-order chi connectivity index (χ0) is 11.9. The van der Waals surface area contributed by atoms with E-state index in [-0.39, 0.29) is 5.25 Å². The fraction of sp³-hybridized carbons (Fsp3) is 1.00. The highest BCUT2D eigenvalue weighted by molar-refractivity contribution is 7.90. The van der Waals surface area contributed by atoms with Gasteiger partial charge in [0.25, 0.3) is 0 Å². The maximum Gasteiger partial charge on any atom is 0.214 e. The molecule has 92 valence electrons. The molecule has 0 fully saturated rings. The molecule has 5 nitrogen and oxygen atoms in total. The zero-order valence-electron chi connectivity index (χ0n) is 9.99. The highest BCUT2D eigenvalue weighted by atomic mass is 32.2. The van der Waals surface area contributed by atoms with Crippen LogP contribution in [-0.4, -0.2) is 59.0 Å². The SMILES string of the molecule is CC(C)S(=O)(=O)NCCOCCN(C)C. The van der Waals surface area contributed by atoms with E-state index < -0.39 is 10.0 Å². The van der Waals surface area contributed by atoms with Crippen LogP contribution in [0, 0.1) is 0 Å². The normalized spacial score (nSPS) is 12.7. The third kappa shape index (κ3) is 7.72. The molecule has 0 aliphatic carbocycles. The van der Waals surface area contributed by atoms with Crippen LogP contribution in [0.5, 0.6) is 0 Å². The maximum absolute atomic E-state index is 11.3. The van der Waals surface area contributed by atoms with Crippen LogP contribution in [0.2, 0.25) is 0 Å². The summed E-state index contributed by atoms with van der Waals surface area (Å²) >= 11 is 0. The monoisotopic (exact) mass is 238 g/mol. The Bertz CT molecular complexity index is 250. The van der Waals surface area contributed by atoms with Gasteiger partial charge in [0.2, 0.25) is 10.0 Å². The Balaban J connectivity index is 3.47. The summed E-state index contributed by atoms with van der Waals surface area (Å²) in [7, 11) is 0.784. The lowest BCUT2D eigenvalue weighted by Crippen LogP contribution is -2.33. The molecule has 0 aromatic heterocycles. The first-order valence-corrected chi connectivity index (χ1v) is 6.62. The van der Waals surface area contributed by atoms with E-state index in [4.69, 9.17) is 4.74 Å². The maximum atomic E-state index is 11.3. The topological polar surface area (TPSA) is 58.6 Å². The Morgan fingerprint density at radius 1 is 1.27 bits per heavy atom. The number of rotatable bonds is 8. The second kappa shape index (κ2) is 7.16. The Labute approximate surface area is 92.8 Å². The Hall–Kier alpha value is -0.170. The van der Waals surface area contributed by atoms with E-state index in [1.165, 1.54) is 0 Å². The molecule has 15 heavy (non-hydrogen) atoms. The van der Waals surface area contributed by atoms with E-state index in [1.54, 1.807) is 13.8 Å². The lowest BCUT2D eigenvalue weighted by atomic mass is 10.6. The molecule has 0 rings (SSSR count). The highest BCUT2D eigenvalue weighted by Crippen LogP contribution is 1.94. The first-order chi connectivity index (χ1) is 6.86. The van der Waals surface area contributed by atoms with E-state index in [1.807, 2.05) is 19.0 Å². The number of nitrogens with zero attached hydrogens (tertiary/aromatic N) is 1. The molecular formula is C9H22N2O3S. The van der Waals surface area contributed by atoms with Crippen LogP contribution in [0.4, 0.5) is 0 Å². The zero-order valence-corrected chi connectivity index (χ0v) is 10.8. The van der Waals surface area contributed by atoms with Crippen LogP contribution < -0.4 is 4.72 Å². The average molecular weight is 238 g/mol. The minimum absolute atomic E-state index is 0.341. The third-order valence-electron chi connectivity index (χ3n) is 1.85. The molecule has 0 bridgehead atoms. The lowest BCUT2D eigenvalue weighted by molar-refractivity contribution is 0.122. The van der Waals surface area contributed by atoms with Gasteiger partial charge >= 0.3 is 0 Å². The van der Waals surface area contributed by atoms with Crippen molar-refractivity contribution in [3.63, 3.8) is 0 Å². The van der Waals surface area contributed by atoms with Crippen LogP contribution in [0.3, 0.4) is 0 Å². The van der Waals surface area contributed by atoms with E-state index in [0.29, 0.717) is 19.8 Å². The summed E-state index contributed by atoms with van der Waals surface area (Å²) < 4.78 is 30.3. The average Bonchev–Trinajstić information content (AvgIpc) is 2.10. The predicted molar refractivity (Wildman–Crippen MR) is 61.4 cm³/mol. The fourth-order valence-corrected chi connectivity index (χ4v) is 1.47. The molecule has 0 amide bonds. The molecule has 6 heteroatoms.